The molecule has 59 heavy (non-hydrogen) atoms. The zero-order valence-corrected chi connectivity index (χ0v) is 39.9. The van der Waals surface area contributed by atoms with Crippen molar-refractivity contribution in [1.29, 1.82) is 0 Å². The van der Waals surface area contributed by atoms with Gasteiger partial charge in [0.25, 0.3) is 0 Å². The molecule has 5 heteroatoms. The molecule has 0 nitrogen and oxygen atoms in total. The molecule has 0 fully saturated rings. The second-order valence-corrected chi connectivity index (χ2v) is 25.0. The number of hydrogen-bond donors (Lipinski definition) is 0. The minimum absolute atomic E-state index is 0. The SMILES string of the molecule is [Pt].c1ccc([PH+](CCC[PH+](c2ccccc2)c2ccccc2)c2ccccc2)cc1.c1ccc([PH+](CCC[PH+](c2ccccc2)c2ccccc2)c2ccccc2)cc1. The first-order valence-electron chi connectivity index (χ1n) is 20.7. The molecule has 0 N–H and O–H groups in total. The molecule has 0 atom stereocenters. The van der Waals surface area contributed by atoms with Gasteiger partial charge in [0.1, 0.15) is 0 Å². The quantitative estimate of drug-likeness (QED) is 0.0847. The Hall–Kier alpha value is -3.83. The average Bonchev–Trinajstić information content (AvgIpc) is 3.32. The van der Waals surface area contributed by atoms with Crippen LogP contribution in [0.15, 0.2) is 243 Å². The molecule has 0 aliphatic heterocycles. The summed E-state index contributed by atoms with van der Waals surface area (Å²) >= 11 is 0. The van der Waals surface area contributed by atoms with Crippen LogP contribution in [0, 0.1) is 0 Å². The zero-order chi connectivity index (χ0) is 39.5. The van der Waals surface area contributed by atoms with E-state index in [1.807, 2.05) is 0 Å². The van der Waals surface area contributed by atoms with Gasteiger partial charge in [-0.05, 0) is 97.1 Å². The predicted octanol–water partition coefficient (Wildman–Crippen LogP) is 10.2. The van der Waals surface area contributed by atoms with Crippen LogP contribution in [0.5, 0.6) is 0 Å². The Morgan fingerprint density at radius 2 is 0.305 bits per heavy atom. The Morgan fingerprint density at radius 3 is 0.424 bits per heavy atom. The van der Waals surface area contributed by atoms with Gasteiger partial charge in [-0.2, -0.15) is 0 Å². The Bertz CT molecular complexity index is 1790. The summed E-state index contributed by atoms with van der Waals surface area (Å²) in [5, 5.41) is 12.2. The molecule has 0 radical (unpaired) electrons. The third kappa shape index (κ3) is 13.6. The monoisotopic (exact) mass is 1020 g/mol. The summed E-state index contributed by atoms with van der Waals surface area (Å²) in [6.07, 6.45) is 7.68. The average molecular weight is 1020 g/mol. The number of benzene rings is 8. The van der Waals surface area contributed by atoms with E-state index in [1.54, 1.807) is 0 Å². The molecule has 0 aromatic heterocycles. The Kier molecular flexibility index (Phi) is 19.0. The van der Waals surface area contributed by atoms with Crippen molar-refractivity contribution in [1.82, 2.24) is 0 Å². The van der Waals surface area contributed by atoms with E-state index in [1.165, 1.54) is 79.9 Å². The molecule has 0 bridgehead atoms. The fraction of sp³-hybridized carbons (Fsp3) is 0.111. The summed E-state index contributed by atoms with van der Waals surface area (Å²) in [7, 11) is -2.97. The first-order valence-corrected chi connectivity index (χ1v) is 27.5. The van der Waals surface area contributed by atoms with Crippen molar-refractivity contribution in [3.8, 4) is 0 Å². The molecule has 0 amide bonds. The molecule has 0 saturated carbocycles. The van der Waals surface area contributed by atoms with Crippen LogP contribution in [0.2, 0.25) is 0 Å². The van der Waals surface area contributed by atoms with Crippen LogP contribution in [0.4, 0.5) is 0 Å². The smallest absolute Gasteiger partial charge is 0.0620 e. The Balaban J connectivity index is 0.000000195. The van der Waals surface area contributed by atoms with Crippen LogP contribution in [-0.2, 0) is 21.1 Å². The molecule has 298 valence electrons. The maximum Gasteiger partial charge on any atom is 0.0966 e. The molecular weight excluding hydrogens is 968 g/mol. The molecule has 8 rings (SSSR count). The van der Waals surface area contributed by atoms with Crippen LogP contribution in [0.1, 0.15) is 12.8 Å². The van der Waals surface area contributed by atoms with Crippen LogP contribution < -0.4 is 42.4 Å². The fourth-order valence-corrected chi connectivity index (χ4v) is 19.0. The van der Waals surface area contributed by atoms with Gasteiger partial charge in [0.2, 0.25) is 0 Å². The van der Waals surface area contributed by atoms with E-state index < -0.39 is 31.7 Å². The van der Waals surface area contributed by atoms with E-state index in [-0.39, 0.29) is 21.1 Å². The van der Waals surface area contributed by atoms with E-state index in [4.69, 9.17) is 0 Å². The van der Waals surface area contributed by atoms with Gasteiger partial charge in [0.15, 0.2) is 0 Å². The van der Waals surface area contributed by atoms with Gasteiger partial charge in [-0.3, -0.25) is 0 Å². The molecule has 8 aromatic carbocycles. The second-order valence-electron chi connectivity index (χ2n) is 14.5. The maximum atomic E-state index is 2.32. The van der Waals surface area contributed by atoms with Crippen molar-refractivity contribution in [2.75, 3.05) is 24.6 Å². The third-order valence-corrected chi connectivity index (χ3v) is 22.3. The minimum atomic E-state index is -0.742. The minimum Gasteiger partial charge on any atom is -0.0620 e. The van der Waals surface area contributed by atoms with Gasteiger partial charge >= 0.3 is 0 Å². The fourth-order valence-electron chi connectivity index (χ4n) is 7.82. The maximum absolute atomic E-state index is 2.32. The third-order valence-electron chi connectivity index (χ3n) is 10.7. The van der Waals surface area contributed by atoms with Gasteiger partial charge in [0.05, 0.1) is 98.8 Å². The summed E-state index contributed by atoms with van der Waals surface area (Å²) < 4.78 is 0. The van der Waals surface area contributed by atoms with Crippen LogP contribution in [-0.4, -0.2) is 24.6 Å². The van der Waals surface area contributed by atoms with Gasteiger partial charge < -0.3 is 0 Å². The first-order chi connectivity index (χ1) is 28.8. The summed E-state index contributed by atoms with van der Waals surface area (Å²) in [6.45, 7) is 0. The van der Waals surface area contributed by atoms with Crippen LogP contribution in [0.25, 0.3) is 0 Å². The van der Waals surface area contributed by atoms with E-state index in [9.17, 15) is 0 Å². The summed E-state index contributed by atoms with van der Waals surface area (Å²) in [4.78, 5) is 0. The van der Waals surface area contributed by atoms with Crippen molar-refractivity contribution < 1.29 is 21.1 Å². The second kappa shape index (κ2) is 25.1. The topological polar surface area (TPSA) is 0 Å². The molecular formula is C54H56P4Pt+4. The van der Waals surface area contributed by atoms with Gasteiger partial charge in [-0.25, -0.2) is 0 Å². The van der Waals surface area contributed by atoms with E-state index >= 15 is 0 Å². The predicted molar refractivity (Wildman–Crippen MR) is 271 cm³/mol. The summed E-state index contributed by atoms with van der Waals surface area (Å²) in [5.41, 5.74) is 0. The summed E-state index contributed by atoms with van der Waals surface area (Å²) in [6, 6.07) is 89.1. The molecule has 0 heterocycles. The standard InChI is InChI=1S/2C27H26P2.Pt/c2*1-5-14-24(15-6-1)28(25-16-7-2-8-17-25)22-13-23-29(26-18-9-3-10-19-26)27-20-11-4-12-21-27;/h2*1-12,14-21H,13,22-23H2;/p+4. The van der Waals surface area contributed by atoms with Gasteiger partial charge in [-0.1, -0.05) is 146 Å². The molecule has 8 aromatic rings. The Morgan fingerprint density at radius 1 is 0.186 bits per heavy atom. The van der Waals surface area contributed by atoms with Crippen LogP contribution >= 0.6 is 31.7 Å². The van der Waals surface area contributed by atoms with E-state index in [0.29, 0.717) is 0 Å². The zero-order valence-electron chi connectivity index (χ0n) is 33.7. The van der Waals surface area contributed by atoms with Gasteiger partial charge in [0, 0.05) is 33.9 Å². The molecule has 0 spiro atoms. The molecule has 0 unspecified atom stereocenters. The van der Waals surface area contributed by atoms with Crippen molar-refractivity contribution in [3.63, 3.8) is 0 Å². The number of hydrogen-bond acceptors (Lipinski definition) is 0. The first kappa shape index (κ1) is 44.7. The van der Waals surface area contributed by atoms with Crippen molar-refractivity contribution in [2.45, 2.75) is 12.8 Å². The molecule has 0 aliphatic rings. The largest absolute Gasteiger partial charge is 0.0966 e. The molecule has 0 saturated heterocycles. The van der Waals surface area contributed by atoms with E-state index in [0.717, 1.165) is 0 Å². The van der Waals surface area contributed by atoms with Crippen molar-refractivity contribution >= 4 is 74.1 Å². The Labute approximate surface area is 372 Å². The van der Waals surface area contributed by atoms with Gasteiger partial charge in [-0.15, -0.1) is 0 Å². The van der Waals surface area contributed by atoms with E-state index in [2.05, 4.69) is 243 Å². The normalized spacial score (nSPS) is 10.9. The summed E-state index contributed by atoms with van der Waals surface area (Å²) in [5.74, 6) is 0. The molecule has 0 aliphatic carbocycles. The van der Waals surface area contributed by atoms with Crippen molar-refractivity contribution in [2.24, 2.45) is 0 Å². The van der Waals surface area contributed by atoms with Crippen molar-refractivity contribution in [3.05, 3.63) is 243 Å². The number of rotatable bonds is 16. The van der Waals surface area contributed by atoms with Crippen LogP contribution in [0.3, 0.4) is 0 Å².